The third-order valence-corrected chi connectivity index (χ3v) is 12.6. The topological polar surface area (TPSA) is 147 Å². The highest BCUT2D eigenvalue weighted by molar-refractivity contribution is 9.09. The molecule has 18 heteroatoms. The molecule has 1 unspecified atom stereocenters. The van der Waals surface area contributed by atoms with Crippen LogP contribution in [-0.4, -0.2) is 74.0 Å². The van der Waals surface area contributed by atoms with Crippen LogP contribution in [0.2, 0.25) is 0 Å². The summed E-state index contributed by atoms with van der Waals surface area (Å²) in [5.74, 6) is 0.469. The maximum Gasteiger partial charge on any atom is 0.451 e. The van der Waals surface area contributed by atoms with Crippen molar-refractivity contribution >= 4 is 73.7 Å². The molecule has 0 saturated heterocycles. The zero-order chi connectivity index (χ0) is 53.6. The predicted octanol–water partition coefficient (Wildman–Crippen LogP) is 12.6. The highest BCUT2D eigenvalue weighted by Gasteiger charge is 2.43. The van der Waals surface area contributed by atoms with Crippen LogP contribution in [0, 0.1) is 10.8 Å². The summed E-state index contributed by atoms with van der Waals surface area (Å²) in [7, 11) is 0. The van der Waals surface area contributed by atoms with Crippen LogP contribution >= 0.6 is 40.4 Å². The summed E-state index contributed by atoms with van der Waals surface area (Å²) in [5, 5.41) is 9.04. The number of hydrogen-bond acceptors (Lipinski definition) is 10. The minimum Gasteiger partial charge on any atom is -0.437 e. The first-order chi connectivity index (χ1) is 35.0. The molecule has 2 aliphatic heterocycles. The lowest BCUT2D eigenvalue weighted by Gasteiger charge is -2.34. The van der Waals surface area contributed by atoms with Gasteiger partial charge < -0.3 is 25.8 Å². The fourth-order valence-electron chi connectivity index (χ4n) is 8.38. The summed E-state index contributed by atoms with van der Waals surface area (Å²) in [6, 6.07) is 36.4. The lowest BCUT2D eigenvalue weighted by atomic mass is 9.93. The van der Waals surface area contributed by atoms with Gasteiger partial charge in [0, 0.05) is 68.4 Å². The van der Waals surface area contributed by atoms with E-state index in [4.69, 9.17) is 39.6 Å². The number of fused-ring (bicyclic) bond motifs is 2. The first-order valence-electron chi connectivity index (χ1n) is 24.0. The number of ketones is 1. The highest BCUT2D eigenvalue weighted by atomic mass is 79.9. The number of halogens is 4. The molecule has 0 fully saturated rings. The van der Waals surface area contributed by atoms with Crippen LogP contribution in [-0.2, 0) is 30.7 Å². The number of carbonyl (C=O) groups is 2. The summed E-state index contributed by atoms with van der Waals surface area (Å²) < 4.78 is 48.4. The van der Waals surface area contributed by atoms with E-state index in [9.17, 15) is 22.8 Å². The van der Waals surface area contributed by atoms with Crippen LogP contribution in [0.3, 0.4) is 0 Å². The number of nitrogens with one attached hydrogen (secondary N) is 3. The Morgan fingerprint density at radius 3 is 1.57 bits per heavy atom. The van der Waals surface area contributed by atoms with Gasteiger partial charge in [-0.1, -0.05) is 130 Å². The zero-order valence-corrected chi connectivity index (χ0v) is 45.5. The molecule has 2 aromatic heterocycles. The molecule has 390 valence electrons. The lowest BCUT2D eigenvalue weighted by Crippen LogP contribution is -2.36. The predicted molar refractivity (Wildman–Crippen MR) is 298 cm³/mol. The average Bonchev–Trinajstić information content (AvgIpc) is 3.34. The minimum atomic E-state index is -4.80. The number of amides is 1. The molecule has 8 rings (SSSR count). The molecule has 0 aliphatic carbocycles. The number of ether oxygens (including phenoxy) is 2. The van der Waals surface area contributed by atoms with Crippen LogP contribution < -0.4 is 31.2 Å². The molecule has 4 aromatic carbocycles. The summed E-state index contributed by atoms with van der Waals surface area (Å²) in [4.78, 5) is 35.6. The highest BCUT2D eigenvalue weighted by Crippen LogP contribution is 2.37. The number of alkyl halides is 4. The van der Waals surface area contributed by atoms with Crippen LogP contribution in [0.5, 0.6) is 23.3 Å². The van der Waals surface area contributed by atoms with Gasteiger partial charge in [0.05, 0.1) is 0 Å². The van der Waals surface area contributed by atoms with Gasteiger partial charge in [0.25, 0.3) is 11.7 Å². The van der Waals surface area contributed by atoms with Crippen molar-refractivity contribution in [2.45, 2.75) is 78.5 Å². The quantitative estimate of drug-likeness (QED) is 0.0722. The van der Waals surface area contributed by atoms with Crippen molar-refractivity contribution in [2.24, 2.45) is 16.6 Å². The van der Waals surface area contributed by atoms with Crippen molar-refractivity contribution in [3.05, 3.63) is 167 Å². The number of carbonyl (C=O) groups excluding carboxylic acids is 2. The van der Waals surface area contributed by atoms with E-state index >= 15 is 0 Å². The molecule has 6 aromatic rings. The minimum absolute atomic E-state index is 0.180. The van der Waals surface area contributed by atoms with Crippen LogP contribution in [0.15, 0.2) is 134 Å². The van der Waals surface area contributed by atoms with Crippen molar-refractivity contribution < 1.29 is 32.2 Å². The SMILES string of the molecule is CC(C)(C)CN1CCc2c(cccc2Oc2ncccc2NC(=S)NC(=O)c2ccccc2)C1.CC(C)(C)CN1CCc2c(cccc2Oc2ncccc2NC(N)=S)C1.O=C(C(Br)c1ccccc1)C(F)(F)F. The number of rotatable bonds is 11. The van der Waals surface area contributed by atoms with E-state index in [1.807, 2.05) is 48.5 Å². The molecule has 0 bridgehead atoms. The van der Waals surface area contributed by atoms with E-state index in [2.05, 4.69) is 105 Å². The lowest BCUT2D eigenvalue weighted by molar-refractivity contribution is -0.170. The molecule has 2 aliphatic rings. The van der Waals surface area contributed by atoms with Crippen LogP contribution in [0.1, 0.15) is 84.5 Å². The van der Waals surface area contributed by atoms with Crippen molar-refractivity contribution in [3.8, 4) is 23.3 Å². The number of anilines is 2. The fourth-order valence-corrected chi connectivity index (χ4v) is 9.26. The molecule has 12 nitrogen and oxygen atoms in total. The van der Waals surface area contributed by atoms with Gasteiger partial charge in [-0.3, -0.25) is 24.7 Å². The van der Waals surface area contributed by atoms with E-state index < -0.39 is 16.8 Å². The average molecular weight is 1110 g/mol. The molecule has 74 heavy (non-hydrogen) atoms. The van der Waals surface area contributed by atoms with E-state index in [0.717, 1.165) is 63.6 Å². The third-order valence-electron chi connectivity index (χ3n) is 11.3. The second kappa shape index (κ2) is 25.8. The molecule has 0 spiro atoms. The molecule has 1 atom stereocenters. The van der Waals surface area contributed by atoms with Crippen molar-refractivity contribution in [3.63, 3.8) is 0 Å². The van der Waals surface area contributed by atoms with Gasteiger partial charge >= 0.3 is 6.18 Å². The van der Waals surface area contributed by atoms with Gasteiger partial charge in [-0.25, -0.2) is 9.97 Å². The van der Waals surface area contributed by atoms with Gasteiger partial charge in [-0.2, -0.15) is 13.2 Å². The molecule has 1 amide bonds. The van der Waals surface area contributed by atoms with Gasteiger partial charge in [-0.15, -0.1) is 0 Å². The number of thiocarbonyl (C=S) groups is 2. The maximum absolute atomic E-state index is 12.4. The normalized spacial score (nSPS) is 14.0. The monoisotopic (exact) mass is 1110 g/mol. The molecule has 0 saturated carbocycles. The van der Waals surface area contributed by atoms with Gasteiger partial charge in [0.15, 0.2) is 10.2 Å². The van der Waals surface area contributed by atoms with Crippen molar-refractivity contribution in [1.29, 1.82) is 0 Å². The van der Waals surface area contributed by atoms with Crippen molar-refractivity contribution in [2.75, 3.05) is 36.8 Å². The molecule has 0 radical (unpaired) electrons. The Morgan fingerprint density at radius 1 is 0.662 bits per heavy atom. The Morgan fingerprint density at radius 2 is 1.12 bits per heavy atom. The van der Waals surface area contributed by atoms with Gasteiger partial charge in [0.2, 0.25) is 11.8 Å². The smallest absolute Gasteiger partial charge is 0.437 e. The fraction of sp³-hybridized carbons (Fsp3) is 0.321. The summed E-state index contributed by atoms with van der Waals surface area (Å²) in [6.07, 6.45) is 0.451. The third kappa shape index (κ3) is 17.4. The molecular formula is C56H62BrF3N8O4S2. The Balaban J connectivity index is 0.000000197. The summed E-state index contributed by atoms with van der Waals surface area (Å²) >= 11 is 13.0. The Labute approximate surface area is 450 Å². The second-order valence-electron chi connectivity index (χ2n) is 20.1. The van der Waals surface area contributed by atoms with Gasteiger partial charge in [-0.05, 0) is 113 Å². The molecule has 5 N–H and O–H groups in total. The Kier molecular flexibility index (Phi) is 19.8. The van der Waals surface area contributed by atoms with Gasteiger partial charge in [0.1, 0.15) is 27.7 Å². The number of Topliss-reactive ketones (excluding diaryl/α,β-unsaturated/α-hetero) is 1. The number of hydrogen-bond donors (Lipinski definition) is 4. The first-order valence-corrected chi connectivity index (χ1v) is 25.7. The Hall–Kier alpha value is -6.31. The van der Waals surface area contributed by atoms with Crippen LogP contribution in [0.25, 0.3) is 0 Å². The molecular weight excluding hydrogens is 1050 g/mol. The van der Waals surface area contributed by atoms with E-state index in [1.54, 1.807) is 60.9 Å². The van der Waals surface area contributed by atoms with E-state index in [1.165, 1.54) is 34.4 Å². The van der Waals surface area contributed by atoms with E-state index in [-0.39, 0.29) is 21.5 Å². The van der Waals surface area contributed by atoms with Crippen LogP contribution in [0.4, 0.5) is 24.5 Å². The first kappa shape index (κ1) is 57.0. The number of pyridine rings is 2. The zero-order valence-electron chi connectivity index (χ0n) is 42.3. The number of aromatic nitrogens is 2. The number of nitrogens with two attached hydrogens (primary N) is 1. The maximum atomic E-state index is 12.4. The largest absolute Gasteiger partial charge is 0.451 e. The second-order valence-corrected chi connectivity index (χ2v) is 21.9. The summed E-state index contributed by atoms with van der Waals surface area (Å²) in [5.41, 5.74) is 13.3. The number of benzene rings is 4. The molecule has 4 heterocycles. The summed E-state index contributed by atoms with van der Waals surface area (Å²) in [6.45, 7) is 19.7. The standard InChI is InChI=1S/C27H30N4O2S.C20H26N4OS.C9H6BrF3O/c1-27(2,3)18-31-16-14-21-20(17-31)11-7-13-23(21)33-25-22(12-8-15-28-25)29-26(34)30-24(32)19-9-5-4-6-10-19;1-20(2,3)13-24-11-9-15-14(12-24)6-4-8-17(15)25-18-16(23-19(21)26)7-5-10-22-18;10-7(8(14)9(11,12)13)6-4-2-1-3-5-6/h4-13,15H,14,16-18H2,1-3H3,(H2,29,30,32,34);4-8,10H,9,11-13H2,1-3H3,(H3,21,23,26);1-5,7H. The van der Waals surface area contributed by atoms with E-state index in [0.29, 0.717) is 39.7 Å². The van der Waals surface area contributed by atoms with Crippen molar-refractivity contribution in [1.82, 2.24) is 25.1 Å². The Bertz CT molecular complexity index is 2880. The number of nitrogens with zero attached hydrogens (tertiary/aromatic N) is 4.